The van der Waals surface area contributed by atoms with E-state index in [2.05, 4.69) is 49.4 Å². The molecule has 0 unspecified atom stereocenters. The van der Waals surface area contributed by atoms with Crippen molar-refractivity contribution >= 4 is 22.5 Å². The van der Waals surface area contributed by atoms with Crippen LogP contribution in [0.4, 0.5) is 0 Å². The summed E-state index contributed by atoms with van der Waals surface area (Å²) in [5.74, 6) is 1.26. The van der Waals surface area contributed by atoms with Gasteiger partial charge in [-0.15, -0.1) is 11.8 Å². The minimum atomic E-state index is 1.26. The maximum absolute atomic E-state index is 2.34. The summed E-state index contributed by atoms with van der Waals surface area (Å²) in [4.78, 5) is 1.42. The van der Waals surface area contributed by atoms with Crippen LogP contribution in [0.3, 0.4) is 0 Å². The Morgan fingerprint density at radius 3 is 1.73 bits per heavy atom. The minimum Gasteiger partial charge on any atom is -0.126 e. The van der Waals surface area contributed by atoms with E-state index in [-0.39, 0.29) is 0 Å². The lowest BCUT2D eigenvalue weighted by Crippen LogP contribution is -1.84. The smallest absolute Gasteiger partial charge is 0.00783 e. The van der Waals surface area contributed by atoms with E-state index in [0.29, 0.717) is 0 Å². The predicted octanol–water partition coefficient (Wildman–Crippen LogP) is 9.02. The van der Waals surface area contributed by atoms with Gasteiger partial charge in [0, 0.05) is 4.90 Å². The lowest BCUT2D eigenvalue weighted by Gasteiger charge is -2.05. The molecule has 0 aliphatic rings. The van der Waals surface area contributed by atoms with Gasteiger partial charge in [-0.05, 0) is 35.1 Å². The molecular weight excluding hydrogens is 332 g/mol. The predicted molar refractivity (Wildman–Crippen MR) is 120 cm³/mol. The third kappa shape index (κ3) is 9.12. The van der Waals surface area contributed by atoms with Gasteiger partial charge in [0.2, 0.25) is 0 Å². The van der Waals surface area contributed by atoms with Gasteiger partial charge in [0.15, 0.2) is 0 Å². The highest BCUT2D eigenvalue weighted by molar-refractivity contribution is 7.99. The number of rotatable bonds is 15. The summed E-state index contributed by atoms with van der Waals surface area (Å²) in [5.41, 5.74) is 0. The zero-order valence-electron chi connectivity index (χ0n) is 16.8. The van der Waals surface area contributed by atoms with E-state index in [0.717, 1.165) is 0 Å². The Bertz CT molecular complexity index is 589. The molecule has 0 N–H and O–H groups in total. The molecule has 0 heterocycles. The van der Waals surface area contributed by atoms with Crippen LogP contribution >= 0.6 is 11.8 Å². The molecule has 2 aromatic rings. The molecule has 144 valence electrons. The van der Waals surface area contributed by atoms with E-state index in [1.165, 1.54) is 105 Å². The van der Waals surface area contributed by atoms with Crippen LogP contribution in [0.1, 0.15) is 90.4 Å². The van der Waals surface area contributed by atoms with E-state index in [1.54, 1.807) is 0 Å². The molecule has 0 aromatic heterocycles. The Morgan fingerprint density at radius 1 is 0.577 bits per heavy atom. The lowest BCUT2D eigenvalue weighted by atomic mass is 10.1. The Hall–Kier alpha value is -0.950. The van der Waals surface area contributed by atoms with Gasteiger partial charge in [-0.25, -0.2) is 0 Å². The molecule has 0 bridgehead atoms. The van der Waals surface area contributed by atoms with Gasteiger partial charge >= 0.3 is 0 Å². The van der Waals surface area contributed by atoms with Gasteiger partial charge in [-0.3, -0.25) is 0 Å². The van der Waals surface area contributed by atoms with Crippen molar-refractivity contribution in [2.75, 3.05) is 5.75 Å². The second-order valence-electron chi connectivity index (χ2n) is 7.60. The van der Waals surface area contributed by atoms with E-state index in [4.69, 9.17) is 0 Å². The normalized spacial score (nSPS) is 11.3. The van der Waals surface area contributed by atoms with Crippen LogP contribution in [0.25, 0.3) is 10.8 Å². The van der Waals surface area contributed by atoms with Gasteiger partial charge in [0.1, 0.15) is 0 Å². The van der Waals surface area contributed by atoms with Crippen molar-refractivity contribution in [3.8, 4) is 0 Å². The molecule has 0 fully saturated rings. The SMILES string of the molecule is CCCCCCCCCCCCCCCSc1ccc2ccccc2c1. The third-order valence-corrected chi connectivity index (χ3v) is 6.32. The van der Waals surface area contributed by atoms with Crippen molar-refractivity contribution in [2.45, 2.75) is 95.3 Å². The second-order valence-corrected chi connectivity index (χ2v) is 8.77. The molecule has 0 atom stereocenters. The van der Waals surface area contributed by atoms with Gasteiger partial charge < -0.3 is 0 Å². The molecule has 26 heavy (non-hydrogen) atoms. The lowest BCUT2D eigenvalue weighted by molar-refractivity contribution is 0.543. The van der Waals surface area contributed by atoms with Crippen LogP contribution in [0.5, 0.6) is 0 Å². The first-order chi connectivity index (χ1) is 12.9. The highest BCUT2D eigenvalue weighted by atomic mass is 32.2. The fraction of sp³-hybridized carbons (Fsp3) is 0.600. The molecule has 0 saturated heterocycles. The average Bonchev–Trinajstić information content (AvgIpc) is 2.68. The number of hydrogen-bond donors (Lipinski definition) is 0. The highest BCUT2D eigenvalue weighted by Gasteiger charge is 1.98. The fourth-order valence-electron chi connectivity index (χ4n) is 3.57. The molecule has 2 aromatic carbocycles. The number of fused-ring (bicyclic) bond motifs is 1. The Morgan fingerprint density at radius 2 is 1.12 bits per heavy atom. The van der Waals surface area contributed by atoms with Gasteiger partial charge in [0.05, 0.1) is 0 Å². The van der Waals surface area contributed by atoms with Gasteiger partial charge in [-0.1, -0.05) is 114 Å². The van der Waals surface area contributed by atoms with Crippen LogP contribution in [0.2, 0.25) is 0 Å². The molecule has 0 radical (unpaired) electrons. The zero-order valence-corrected chi connectivity index (χ0v) is 17.7. The molecular formula is C25H38S. The van der Waals surface area contributed by atoms with Crippen molar-refractivity contribution in [3.63, 3.8) is 0 Å². The molecule has 2 rings (SSSR count). The average molecular weight is 371 g/mol. The molecule has 0 nitrogen and oxygen atoms in total. The van der Waals surface area contributed by atoms with Crippen molar-refractivity contribution in [1.82, 2.24) is 0 Å². The summed E-state index contributed by atoms with van der Waals surface area (Å²) in [6.07, 6.45) is 18.6. The van der Waals surface area contributed by atoms with Crippen molar-refractivity contribution in [1.29, 1.82) is 0 Å². The van der Waals surface area contributed by atoms with E-state index >= 15 is 0 Å². The summed E-state index contributed by atoms with van der Waals surface area (Å²) in [6.45, 7) is 2.29. The van der Waals surface area contributed by atoms with Gasteiger partial charge in [-0.2, -0.15) is 0 Å². The van der Waals surface area contributed by atoms with Crippen molar-refractivity contribution in [2.24, 2.45) is 0 Å². The largest absolute Gasteiger partial charge is 0.126 e. The molecule has 0 saturated carbocycles. The van der Waals surface area contributed by atoms with E-state index < -0.39 is 0 Å². The standard InChI is InChI=1S/C25H38S/c1-2-3-4-5-6-7-8-9-10-11-12-13-16-21-26-25-20-19-23-17-14-15-18-24(23)22-25/h14-15,17-20,22H,2-13,16,21H2,1H3. The van der Waals surface area contributed by atoms with Crippen LogP contribution in [-0.2, 0) is 0 Å². The first-order valence-corrected chi connectivity index (χ1v) is 12.0. The minimum absolute atomic E-state index is 1.26. The van der Waals surface area contributed by atoms with Crippen LogP contribution in [-0.4, -0.2) is 5.75 Å². The monoisotopic (exact) mass is 370 g/mol. The zero-order chi connectivity index (χ0) is 18.3. The highest BCUT2D eigenvalue weighted by Crippen LogP contribution is 2.24. The fourth-order valence-corrected chi connectivity index (χ4v) is 4.53. The summed E-state index contributed by atoms with van der Waals surface area (Å²) in [5, 5.41) is 2.71. The first kappa shape index (κ1) is 21.4. The van der Waals surface area contributed by atoms with E-state index in [9.17, 15) is 0 Å². The summed E-state index contributed by atoms with van der Waals surface area (Å²) >= 11 is 2.02. The topological polar surface area (TPSA) is 0 Å². The second kappa shape index (κ2) is 14.2. The maximum Gasteiger partial charge on any atom is 0.00783 e. The Kier molecular flexibility index (Phi) is 11.6. The van der Waals surface area contributed by atoms with Crippen LogP contribution < -0.4 is 0 Å². The molecule has 0 aliphatic carbocycles. The summed E-state index contributed by atoms with van der Waals surface area (Å²) < 4.78 is 0. The maximum atomic E-state index is 2.34. The van der Waals surface area contributed by atoms with Gasteiger partial charge in [0.25, 0.3) is 0 Å². The molecule has 0 amide bonds. The van der Waals surface area contributed by atoms with Crippen molar-refractivity contribution in [3.05, 3.63) is 42.5 Å². The molecule has 1 heteroatoms. The number of benzene rings is 2. The third-order valence-electron chi connectivity index (χ3n) is 5.24. The van der Waals surface area contributed by atoms with Crippen molar-refractivity contribution < 1.29 is 0 Å². The number of hydrogen-bond acceptors (Lipinski definition) is 1. The molecule has 0 spiro atoms. The Balaban J connectivity index is 1.40. The molecule has 0 aliphatic heterocycles. The van der Waals surface area contributed by atoms with Crippen LogP contribution in [0.15, 0.2) is 47.4 Å². The van der Waals surface area contributed by atoms with Crippen LogP contribution in [0, 0.1) is 0 Å². The quantitative estimate of drug-likeness (QED) is 0.222. The number of thioether (sulfide) groups is 1. The number of unbranched alkanes of at least 4 members (excludes halogenated alkanes) is 12. The van der Waals surface area contributed by atoms with E-state index in [1.807, 2.05) is 11.8 Å². The summed E-state index contributed by atoms with van der Waals surface area (Å²) in [7, 11) is 0. The Labute approximate surface area is 166 Å². The summed E-state index contributed by atoms with van der Waals surface area (Å²) in [6, 6.07) is 15.5. The first-order valence-electron chi connectivity index (χ1n) is 11.0.